The van der Waals surface area contributed by atoms with E-state index in [-0.39, 0.29) is 18.2 Å². The first-order valence-corrected chi connectivity index (χ1v) is 9.39. The summed E-state index contributed by atoms with van der Waals surface area (Å²) in [7, 11) is 0. The zero-order valence-electron chi connectivity index (χ0n) is 16.3. The van der Waals surface area contributed by atoms with Gasteiger partial charge in [0, 0.05) is 11.1 Å². The van der Waals surface area contributed by atoms with E-state index >= 15 is 0 Å². The second-order valence-electron chi connectivity index (χ2n) is 6.76. The summed E-state index contributed by atoms with van der Waals surface area (Å²) in [6, 6.07) is 13.9. The second kappa shape index (κ2) is 7.84. The van der Waals surface area contributed by atoms with E-state index in [1.54, 1.807) is 18.2 Å². The number of hydrogen-bond acceptors (Lipinski definition) is 4. The van der Waals surface area contributed by atoms with Crippen molar-refractivity contribution < 1.29 is 19.1 Å². The van der Waals surface area contributed by atoms with E-state index in [0.29, 0.717) is 29.9 Å². The zero-order chi connectivity index (χ0) is 20.3. The number of rotatable bonds is 7. The Balaban J connectivity index is 1.97. The Kier molecular flexibility index (Phi) is 5.49. The van der Waals surface area contributed by atoms with Gasteiger partial charge >= 0.3 is 6.03 Å². The van der Waals surface area contributed by atoms with Gasteiger partial charge in [-0.2, -0.15) is 0 Å². The van der Waals surface area contributed by atoms with Gasteiger partial charge < -0.3 is 10.1 Å². The van der Waals surface area contributed by atoms with Crippen LogP contribution in [0.4, 0.5) is 4.79 Å². The highest BCUT2D eigenvalue weighted by atomic mass is 16.5. The molecule has 146 valence electrons. The third kappa shape index (κ3) is 3.38. The molecule has 3 rings (SSSR count). The molecule has 3 amide bonds. The highest BCUT2D eigenvalue weighted by molar-refractivity contribution is 6.07. The number of urea groups is 1. The van der Waals surface area contributed by atoms with Crippen LogP contribution >= 0.6 is 0 Å². The molecule has 2 aromatic rings. The van der Waals surface area contributed by atoms with Crippen LogP contribution in [0.1, 0.15) is 48.7 Å². The lowest BCUT2D eigenvalue weighted by Gasteiger charge is -2.26. The molecule has 28 heavy (non-hydrogen) atoms. The van der Waals surface area contributed by atoms with E-state index in [0.717, 1.165) is 5.56 Å². The quantitative estimate of drug-likeness (QED) is 0.588. The van der Waals surface area contributed by atoms with Crippen molar-refractivity contribution in [2.75, 3.05) is 6.61 Å². The first-order valence-electron chi connectivity index (χ1n) is 9.39. The van der Waals surface area contributed by atoms with Crippen LogP contribution in [0.3, 0.4) is 0 Å². The minimum atomic E-state index is -1.08. The van der Waals surface area contributed by atoms with E-state index in [4.69, 9.17) is 4.74 Å². The Hall–Kier alpha value is -3.15. The number of ether oxygens (including phenoxy) is 1. The average Bonchev–Trinajstić information content (AvgIpc) is 2.95. The van der Waals surface area contributed by atoms with E-state index in [1.165, 1.54) is 11.8 Å². The number of Topliss-reactive ketones (excluding diaryl/α,β-unsaturated/α-hetero) is 1. The summed E-state index contributed by atoms with van der Waals surface area (Å²) in [5, 5.41) is 2.87. The molecule has 1 N–H and O–H groups in total. The first-order chi connectivity index (χ1) is 13.4. The Labute approximate surface area is 164 Å². The standard InChI is InChI=1S/C22H24N2O4/c1-4-22(18-9-7-6-8-10-18)20(26)24(21(27)23-22)14-17-13-16(15(3)25)11-12-19(17)28-5-2/h6-13H,4-5,14H2,1-3H3,(H,23,27)/t22-/m0/s1. The molecule has 0 unspecified atom stereocenters. The summed E-state index contributed by atoms with van der Waals surface area (Å²) in [6.45, 7) is 5.68. The number of nitrogens with zero attached hydrogens (tertiary/aromatic N) is 1. The maximum atomic E-state index is 13.3. The van der Waals surface area contributed by atoms with Gasteiger partial charge in [-0.15, -0.1) is 0 Å². The summed E-state index contributed by atoms with van der Waals surface area (Å²) in [4.78, 5) is 39.0. The molecule has 1 saturated heterocycles. The van der Waals surface area contributed by atoms with Gasteiger partial charge in [0.15, 0.2) is 5.78 Å². The molecule has 1 fully saturated rings. The van der Waals surface area contributed by atoms with Gasteiger partial charge in [-0.25, -0.2) is 4.79 Å². The maximum Gasteiger partial charge on any atom is 0.325 e. The van der Waals surface area contributed by atoms with Gasteiger partial charge in [0.05, 0.1) is 13.2 Å². The zero-order valence-corrected chi connectivity index (χ0v) is 16.3. The minimum Gasteiger partial charge on any atom is -0.494 e. The van der Waals surface area contributed by atoms with E-state index in [2.05, 4.69) is 5.32 Å². The Morgan fingerprint density at radius 3 is 2.43 bits per heavy atom. The molecule has 0 radical (unpaired) electrons. The molecule has 0 aromatic heterocycles. The lowest BCUT2D eigenvalue weighted by molar-refractivity contribution is -0.132. The number of carbonyl (C=O) groups excluding carboxylic acids is 3. The first kappa shape index (κ1) is 19.6. The van der Waals surface area contributed by atoms with Gasteiger partial charge in [0.1, 0.15) is 11.3 Å². The molecule has 6 heteroatoms. The average molecular weight is 380 g/mol. The van der Waals surface area contributed by atoms with Crippen LogP contribution in [0, 0.1) is 0 Å². The van der Waals surface area contributed by atoms with Gasteiger partial charge in [0.2, 0.25) is 0 Å². The molecular weight excluding hydrogens is 356 g/mol. The summed E-state index contributed by atoms with van der Waals surface area (Å²) in [5.74, 6) is 0.164. The smallest absolute Gasteiger partial charge is 0.325 e. The number of amides is 3. The second-order valence-corrected chi connectivity index (χ2v) is 6.76. The minimum absolute atomic E-state index is 0.0374. The van der Waals surface area contributed by atoms with Crippen molar-refractivity contribution in [3.63, 3.8) is 0 Å². The molecule has 6 nitrogen and oxygen atoms in total. The number of nitrogens with one attached hydrogen (secondary N) is 1. The van der Waals surface area contributed by atoms with Crippen LogP contribution in [0.5, 0.6) is 5.75 Å². The van der Waals surface area contributed by atoms with Crippen molar-refractivity contribution in [1.29, 1.82) is 0 Å². The summed E-state index contributed by atoms with van der Waals surface area (Å²) >= 11 is 0. The third-order valence-corrected chi connectivity index (χ3v) is 5.07. The number of benzene rings is 2. The highest BCUT2D eigenvalue weighted by Crippen LogP contribution is 2.34. The number of ketones is 1. The van der Waals surface area contributed by atoms with Crippen LogP contribution in [-0.4, -0.2) is 29.2 Å². The molecule has 0 spiro atoms. The lowest BCUT2D eigenvalue weighted by atomic mass is 9.87. The number of imide groups is 1. The molecule has 0 bridgehead atoms. The molecule has 1 atom stereocenters. The molecular formula is C22H24N2O4. The molecule has 1 heterocycles. The van der Waals surface area contributed by atoms with Crippen molar-refractivity contribution in [2.24, 2.45) is 0 Å². The van der Waals surface area contributed by atoms with Crippen LogP contribution in [0.25, 0.3) is 0 Å². The number of hydrogen-bond donors (Lipinski definition) is 1. The highest BCUT2D eigenvalue weighted by Gasteiger charge is 2.51. The molecule has 2 aromatic carbocycles. The van der Waals surface area contributed by atoms with Crippen LogP contribution in [0.2, 0.25) is 0 Å². The van der Waals surface area contributed by atoms with Gasteiger partial charge in [-0.05, 0) is 44.0 Å². The normalized spacial score (nSPS) is 18.9. The van der Waals surface area contributed by atoms with Crippen molar-refractivity contribution in [3.8, 4) is 5.75 Å². The maximum absolute atomic E-state index is 13.3. The predicted molar refractivity (Wildman–Crippen MR) is 105 cm³/mol. The number of carbonyl (C=O) groups is 3. The summed E-state index contributed by atoms with van der Waals surface area (Å²) in [6.07, 6.45) is 0.434. The third-order valence-electron chi connectivity index (χ3n) is 5.07. The fourth-order valence-corrected chi connectivity index (χ4v) is 3.52. The van der Waals surface area contributed by atoms with Gasteiger partial charge in [-0.1, -0.05) is 37.3 Å². The van der Waals surface area contributed by atoms with Crippen molar-refractivity contribution in [1.82, 2.24) is 10.2 Å². The molecule has 0 aliphatic carbocycles. The van der Waals surface area contributed by atoms with Crippen LogP contribution in [-0.2, 0) is 16.9 Å². The van der Waals surface area contributed by atoms with Crippen LogP contribution < -0.4 is 10.1 Å². The van der Waals surface area contributed by atoms with E-state index in [1.807, 2.05) is 44.2 Å². The topological polar surface area (TPSA) is 75.7 Å². The van der Waals surface area contributed by atoms with Crippen molar-refractivity contribution >= 4 is 17.7 Å². The summed E-state index contributed by atoms with van der Waals surface area (Å²) in [5.41, 5.74) is 0.802. The predicted octanol–water partition coefficient (Wildman–Crippen LogP) is 3.65. The van der Waals surface area contributed by atoms with Gasteiger partial charge in [-0.3, -0.25) is 14.5 Å². The Morgan fingerprint density at radius 2 is 1.82 bits per heavy atom. The fourth-order valence-electron chi connectivity index (χ4n) is 3.52. The van der Waals surface area contributed by atoms with Crippen molar-refractivity contribution in [3.05, 3.63) is 65.2 Å². The van der Waals surface area contributed by atoms with E-state index in [9.17, 15) is 14.4 Å². The monoisotopic (exact) mass is 380 g/mol. The van der Waals surface area contributed by atoms with E-state index < -0.39 is 11.6 Å². The van der Waals surface area contributed by atoms with Crippen molar-refractivity contribution in [2.45, 2.75) is 39.3 Å². The fraction of sp³-hybridized carbons (Fsp3) is 0.318. The summed E-state index contributed by atoms with van der Waals surface area (Å²) < 4.78 is 5.63. The Bertz CT molecular complexity index is 910. The molecule has 0 saturated carbocycles. The molecule has 1 aliphatic rings. The SMILES string of the molecule is CCOc1ccc(C(C)=O)cc1CN1C(=O)N[C@@](CC)(c2ccccc2)C1=O. The van der Waals surface area contributed by atoms with Crippen LogP contribution in [0.15, 0.2) is 48.5 Å². The van der Waals surface area contributed by atoms with Gasteiger partial charge in [0.25, 0.3) is 5.91 Å². The molecule has 1 aliphatic heterocycles. The Morgan fingerprint density at radius 1 is 1.11 bits per heavy atom. The lowest BCUT2D eigenvalue weighted by Crippen LogP contribution is -2.43. The largest absolute Gasteiger partial charge is 0.494 e.